The summed E-state index contributed by atoms with van der Waals surface area (Å²) < 4.78 is 0. The quantitative estimate of drug-likeness (QED) is 0.759. The summed E-state index contributed by atoms with van der Waals surface area (Å²) in [5, 5.41) is 3.49. The van der Waals surface area contributed by atoms with Crippen molar-refractivity contribution in [2.24, 2.45) is 0 Å². The first kappa shape index (κ1) is 12.8. The summed E-state index contributed by atoms with van der Waals surface area (Å²) in [5.41, 5.74) is 2.05. The third-order valence-electron chi connectivity index (χ3n) is 2.17. The molecule has 17 heavy (non-hydrogen) atoms. The molecule has 0 aliphatic carbocycles. The van der Waals surface area contributed by atoms with Crippen molar-refractivity contribution in [1.82, 2.24) is 15.3 Å². The van der Waals surface area contributed by atoms with Crippen molar-refractivity contribution < 1.29 is 4.79 Å². The van der Waals surface area contributed by atoms with Crippen molar-refractivity contribution in [2.75, 3.05) is 7.05 Å². The third-order valence-corrected chi connectivity index (χ3v) is 2.17. The van der Waals surface area contributed by atoms with Gasteiger partial charge in [0.05, 0.1) is 5.52 Å². The summed E-state index contributed by atoms with van der Waals surface area (Å²) in [6.45, 7) is 5.21. The number of rotatable bonds is 1. The van der Waals surface area contributed by atoms with Crippen molar-refractivity contribution in [3.8, 4) is 0 Å². The summed E-state index contributed by atoms with van der Waals surface area (Å²) in [6.07, 6.45) is 2.82. The maximum Gasteiger partial charge on any atom is 0.243 e. The van der Waals surface area contributed by atoms with Gasteiger partial charge in [0, 0.05) is 18.1 Å². The number of carbonyl (C=O) groups excluding carboxylic acids is 1. The molecular weight excluding hydrogens is 214 g/mol. The van der Waals surface area contributed by atoms with Crippen LogP contribution < -0.4 is 5.32 Å². The van der Waals surface area contributed by atoms with Gasteiger partial charge in [-0.3, -0.25) is 4.79 Å². The van der Waals surface area contributed by atoms with E-state index in [1.165, 1.54) is 6.08 Å². The fourth-order valence-corrected chi connectivity index (χ4v) is 1.24. The molecule has 88 valence electrons. The van der Waals surface area contributed by atoms with E-state index in [1.54, 1.807) is 13.4 Å². The summed E-state index contributed by atoms with van der Waals surface area (Å²) in [5.74, 6) is -0.144. The van der Waals surface area contributed by atoms with E-state index in [2.05, 4.69) is 21.9 Å². The number of carbonyl (C=O) groups is 1. The van der Waals surface area contributed by atoms with Gasteiger partial charge in [-0.25, -0.2) is 9.97 Å². The molecule has 0 unspecified atom stereocenters. The van der Waals surface area contributed by atoms with Crippen LogP contribution in [0.2, 0.25) is 0 Å². The number of aryl methyl sites for hydroxylation is 1. The molecule has 1 aromatic carbocycles. The van der Waals surface area contributed by atoms with Gasteiger partial charge in [-0.2, -0.15) is 0 Å². The molecule has 0 saturated heterocycles. The van der Waals surface area contributed by atoms with Gasteiger partial charge in [0.25, 0.3) is 0 Å². The fourth-order valence-electron chi connectivity index (χ4n) is 1.24. The standard InChI is InChI=1S/C9H8N2.C4H7NO/c1-7-8-4-2-3-5-9(8)11-6-10-7;1-3-4(6)5-2/h2-6H,1H3;3H,1H2,2H3,(H,5,6). The Morgan fingerprint density at radius 1 is 1.35 bits per heavy atom. The monoisotopic (exact) mass is 229 g/mol. The van der Waals surface area contributed by atoms with Crippen LogP contribution in [0.5, 0.6) is 0 Å². The molecule has 1 aromatic heterocycles. The molecule has 0 fully saturated rings. The molecule has 0 saturated carbocycles. The molecule has 1 N–H and O–H groups in total. The minimum atomic E-state index is -0.144. The number of para-hydroxylation sites is 1. The van der Waals surface area contributed by atoms with Crippen LogP contribution in [0.25, 0.3) is 10.9 Å². The fraction of sp³-hybridized carbons (Fsp3) is 0.154. The Morgan fingerprint density at radius 2 is 2.06 bits per heavy atom. The van der Waals surface area contributed by atoms with E-state index < -0.39 is 0 Å². The van der Waals surface area contributed by atoms with Crippen LogP contribution in [0.4, 0.5) is 0 Å². The number of benzene rings is 1. The molecule has 1 amide bonds. The second-order valence-electron chi connectivity index (χ2n) is 3.29. The van der Waals surface area contributed by atoms with E-state index in [1.807, 2.05) is 31.2 Å². The Balaban J connectivity index is 0.000000209. The third kappa shape index (κ3) is 3.68. The van der Waals surface area contributed by atoms with Gasteiger partial charge in [-0.15, -0.1) is 0 Å². The molecular formula is C13H15N3O. The predicted molar refractivity (Wildman–Crippen MR) is 68.5 cm³/mol. The zero-order chi connectivity index (χ0) is 12.7. The largest absolute Gasteiger partial charge is 0.356 e. The smallest absolute Gasteiger partial charge is 0.243 e. The van der Waals surface area contributed by atoms with E-state index in [4.69, 9.17) is 0 Å². The Morgan fingerprint density at radius 3 is 2.59 bits per heavy atom. The second kappa shape index (κ2) is 6.37. The molecule has 4 nitrogen and oxygen atoms in total. The van der Waals surface area contributed by atoms with Crippen LogP contribution in [0.15, 0.2) is 43.2 Å². The molecule has 1 heterocycles. The van der Waals surface area contributed by atoms with Crippen LogP contribution in [0.3, 0.4) is 0 Å². The minimum absolute atomic E-state index is 0.144. The molecule has 2 rings (SSSR count). The maximum atomic E-state index is 9.95. The second-order valence-corrected chi connectivity index (χ2v) is 3.29. The lowest BCUT2D eigenvalue weighted by atomic mass is 10.2. The predicted octanol–water partition coefficient (Wildman–Crippen LogP) is 1.86. The Hall–Kier alpha value is -2.23. The maximum absolute atomic E-state index is 9.95. The number of amides is 1. The lowest BCUT2D eigenvalue weighted by Gasteiger charge is -1.96. The molecule has 0 aliphatic rings. The average molecular weight is 229 g/mol. The Labute approximate surface area is 100 Å². The number of hydrogen-bond acceptors (Lipinski definition) is 3. The van der Waals surface area contributed by atoms with Crippen LogP contribution in [-0.2, 0) is 4.79 Å². The topological polar surface area (TPSA) is 54.9 Å². The summed E-state index contributed by atoms with van der Waals surface area (Å²) in [7, 11) is 1.56. The Kier molecular flexibility index (Phi) is 4.81. The summed E-state index contributed by atoms with van der Waals surface area (Å²) in [4.78, 5) is 18.2. The lowest BCUT2D eigenvalue weighted by molar-refractivity contribution is -0.116. The average Bonchev–Trinajstić information content (AvgIpc) is 2.39. The highest BCUT2D eigenvalue weighted by atomic mass is 16.1. The van der Waals surface area contributed by atoms with Gasteiger partial charge in [0.2, 0.25) is 5.91 Å². The SMILES string of the molecule is C=CC(=O)NC.Cc1ncnc2ccccc12. The van der Waals surface area contributed by atoms with E-state index in [0.29, 0.717) is 0 Å². The number of aromatic nitrogens is 2. The van der Waals surface area contributed by atoms with Crippen molar-refractivity contribution in [3.63, 3.8) is 0 Å². The highest BCUT2D eigenvalue weighted by Crippen LogP contribution is 2.11. The number of nitrogens with one attached hydrogen (secondary N) is 1. The zero-order valence-corrected chi connectivity index (χ0v) is 9.97. The van der Waals surface area contributed by atoms with Crippen molar-refractivity contribution in [1.29, 1.82) is 0 Å². The number of nitrogens with zero attached hydrogens (tertiary/aromatic N) is 2. The van der Waals surface area contributed by atoms with Gasteiger partial charge in [0.1, 0.15) is 6.33 Å². The normalized spacial score (nSPS) is 9.06. The molecule has 2 aromatic rings. The van der Waals surface area contributed by atoms with E-state index in [0.717, 1.165) is 16.6 Å². The van der Waals surface area contributed by atoms with Crippen LogP contribution >= 0.6 is 0 Å². The highest BCUT2D eigenvalue weighted by molar-refractivity contribution is 5.86. The first-order chi connectivity index (χ1) is 8.19. The molecule has 0 spiro atoms. The minimum Gasteiger partial charge on any atom is -0.356 e. The number of fused-ring (bicyclic) bond motifs is 1. The Bertz CT molecular complexity index is 518. The van der Waals surface area contributed by atoms with Gasteiger partial charge in [-0.05, 0) is 19.1 Å². The van der Waals surface area contributed by atoms with Crippen LogP contribution in [0.1, 0.15) is 5.69 Å². The van der Waals surface area contributed by atoms with Crippen LogP contribution in [0, 0.1) is 6.92 Å². The van der Waals surface area contributed by atoms with Crippen molar-refractivity contribution in [3.05, 3.63) is 48.9 Å². The van der Waals surface area contributed by atoms with Crippen molar-refractivity contribution >= 4 is 16.8 Å². The molecule has 0 atom stereocenters. The zero-order valence-electron chi connectivity index (χ0n) is 9.97. The summed E-state index contributed by atoms with van der Waals surface area (Å²) in [6, 6.07) is 8.00. The summed E-state index contributed by atoms with van der Waals surface area (Å²) >= 11 is 0. The van der Waals surface area contributed by atoms with E-state index in [-0.39, 0.29) is 5.91 Å². The molecule has 0 radical (unpaired) electrons. The number of hydrogen-bond donors (Lipinski definition) is 1. The van der Waals surface area contributed by atoms with Gasteiger partial charge in [0.15, 0.2) is 0 Å². The van der Waals surface area contributed by atoms with Crippen LogP contribution in [-0.4, -0.2) is 22.9 Å². The molecule has 0 aliphatic heterocycles. The molecule has 0 bridgehead atoms. The number of likely N-dealkylation sites (N-methyl/N-ethyl adjacent to an activating group) is 1. The van der Waals surface area contributed by atoms with E-state index in [9.17, 15) is 4.79 Å². The van der Waals surface area contributed by atoms with Gasteiger partial charge < -0.3 is 5.32 Å². The highest BCUT2D eigenvalue weighted by Gasteiger charge is 1.94. The molecule has 4 heteroatoms. The van der Waals surface area contributed by atoms with Crippen molar-refractivity contribution in [2.45, 2.75) is 6.92 Å². The van der Waals surface area contributed by atoms with E-state index >= 15 is 0 Å². The first-order valence-corrected chi connectivity index (χ1v) is 5.19. The van der Waals surface area contributed by atoms with Gasteiger partial charge in [-0.1, -0.05) is 24.8 Å². The van der Waals surface area contributed by atoms with Gasteiger partial charge >= 0.3 is 0 Å². The lowest BCUT2D eigenvalue weighted by Crippen LogP contribution is -2.13. The first-order valence-electron chi connectivity index (χ1n) is 5.19.